The predicted molar refractivity (Wildman–Crippen MR) is 117 cm³/mol. The second-order valence-corrected chi connectivity index (χ2v) is 10.6. The molecule has 1 saturated carbocycles. The molecule has 7 nitrogen and oxygen atoms in total. The number of hydrogen-bond acceptors (Lipinski definition) is 5. The van der Waals surface area contributed by atoms with Crippen LogP contribution < -0.4 is 0 Å². The summed E-state index contributed by atoms with van der Waals surface area (Å²) in [7, 11) is -3.47. The number of imide groups is 1. The molecular weight excluding hydrogens is 414 g/mol. The van der Waals surface area contributed by atoms with Crippen LogP contribution in [0.25, 0.3) is 6.08 Å². The quantitative estimate of drug-likeness (QED) is 0.493. The number of piperazine rings is 1. The van der Waals surface area contributed by atoms with Crippen molar-refractivity contribution in [3.05, 3.63) is 53.5 Å². The Morgan fingerprint density at radius 3 is 2.10 bits per heavy atom. The molecular formula is C23H27N3O4S. The van der Waals surface area contributed by atoms with E-state index < -0.39 is 10.0 Å². The van der Waals surface area contributed by atoms with Crippen molar-refractivity contribution in [2.45, 2.75) is 6.42 Å². The summed E-state index contributed by atoms with van der Waals surface area (Å²) >= 11 is 0. The average molecular weight is 442 g/mol. The molecule has 0 N–H and O–H groups in total. The van der Waals surface area contributed by atoms with Crippen LogP contribution in [0.1, 0.15) is 12.0 Å². The van der Waals surface area contributed by atoms with E-state index in [0.717, 1.165) is 12.0 Å². The first kappa shape index (κ1) is 20.6. The summed E-state index contributed by atoms with van der Waals surface area (Å²) in [6.07, 6.45) is 6.76. The zero-order valence-corrected chi connectivity index (χ0v) is 18.2. The SMILES string of the molecule is O=C1C2C3C=CC(C3)C2C(=O)N1CCN1CCN(S(=O)(=O)/C=C/c2ccccc2)CC1. The van der Waals surface area contributed by atoms with Crippen molar-refractivity contribution < 1.29 is 18.0 Å². The van der Waals surface area contributed by atoms with Gasteiger partial charge in [-0.3, -0.25) is 19.4 Å². The van der Waals surface area contributed by atoms with Crippen molar-refractivity contribution in [1.82, 2.24) is 14.1 Å². The van der Waals surface area contributed by atoms with E-state index in [4.69, 9.17) is 0 Å². The Labute approximate surface area is 183 Å². The van der Waals surface area contributed by atoms with Crippen LogP contribution in [0.5, 0.6) is 0 Å². The summed E-state index contributed by atoms with van der Waals surface area (Å²) in [5, 5.41) is 1.26. The van der Waals surface area contributed by atoms with Crippen LogP contribution in [0.3, 0.4) is 0 Å². The normalized spacial score (nSPS) is 31.3. The standard InChI is InChI=1S/C23H27N3O4S/c27-22-20-18-6-7-19(16-18)21(20)23(28)26(22)14-11-24-9-12-25(13-10-24)31(29,30)15-8-17-4-2-1-3-5-17/h1-8,15,18-21H,9-14,16H2/b15-8+. The molecule has 0 radical (unpaired) electrons. The molecule has 0 aromatic heterocycles. The third-order valence-electron chi connectivity index (χ3n) is 7.12. The maximum absolute atomic E-state index is 12.8. The lowest BCUT2D eigenvalue weighted by atomic mass is 9.85. The van der Waals surface area contributed by atoms with Crippen molar-refractivity contribution in [1.29, 1.82) is 0 Å². The molecule has 1 aromatic carbocycles. The number of rotatable bonds is 6. The summed E-state index contributed by atoms with van der Waals surface area (Å²) in [4.78, 5) is 29.2. The molecule has 2 bridgehead atoms. The molecule has 8 heteroatoms. The highest BCUT2D eigenvalue weighted by Gasteiger charge is 2.59. The summed E-state index contributed by atoms with van der Waals surface area (Å²) < 4.78 is 26.7. The smallest absolute Gasteiger partial charge is 0.236 e. The van der Waals surface area contributed by atoms with Gasteiger partial charge in [0.1, 0.15) is 0 Å². The van der Waals surface area contributed by atoms with Crippen LogP contribution >= 0.6 is 0 Å². The van der Waals surface area contributed by atoms with Gasteiger partial charge in [-0.1, -0.05) is 42.5 Å². The minimum absolute atomic E-state index is 0.0147. The van der Waals surface area contributed by atoms with Crippen molar-refractivity contribution in [2.75, 3.05) is 39.3 Å². The van der Waals surface area contributed by atoms with Crippen molar-refractivity contribution in [3.8, 4) is 0 Å². The first-order valence-corrected chi connectivity index (χ1v) is 12.4. The summed E-state index contributed by atoms with van der Waals surface area (Å²) in [5.41, 5.74) is 0.845. The Kier molecular flexibility index (Phi) is 5.32. The molecule has 2 saturated heterocycles. The molecule has 2 amide bonds. The van der Waals surface area contributed by atoms with Gasteiger partial charge in [-0.2, -0.15) is 4.31 Å². The second-order valence-electron chi connectivity index (χ2n) is 8.83. The minimum Gasteiger partial charge on any atom is -0.299 e. The highest BCUT2D eigenvalue weighted by Crippen LogP contribution is 2.52. The Morgan fingerprint density at radius 1 is 0.871 bits per heavy atom. The van der Waals surface area contributed by atoms with Gasteiger partial charge in [0.25, 0.3) is 0 Å². The number of amides is 2. The van der Waals surface area contributed by atoms with E-state index in [2.05, 4.69) is 17.1 Å². The summed E-state index contributed by atoms with van der Waals surface area (Å²) in [6, 6.07) is 9.35. The fourth-order valence-electron chi connectivity index (χ4n) is 5.45. The first-order valence-electron chi connectivity index (χ1n) is 10.9. The number of carbonyl (C=O) groups excluding carboxylic acids is 2. The van der Waals surface area contributed by atoms with Gasteiger partial charge in [0.2, 0.25) is 21.8 Å². The number of nitrogens with zero attached hydrogens (tertiary/aromatic N) is 3. The van der Waals surface area contributed by atoms with Crippen LogP contribution in [0.15, 0.2) is 47.9 Å². The van der Waals surface area contributed by atoms with E-state index in [9.17, 15) is 18.0 Å². The van der Waals surface area contributed by atoms with E-state index in [0.29, 0.717) is 39.3 Å². The van der Waals surface area contributed by atoms with Gasteiger partial charge in [-0.15, -0.1) is 0 Å². The number of sulfonamides is 1. The predicted octanol–water partition coefficient (Wildman–Crippen LogP) is 1.41. The molecule has 4 atom stereocenters. The molecule has 2 aliphatic heterocycles. The van der Waals surface area contributed by atoms with E-state index in [1.165, 1.54) is 14.6 Å². The second kappa shape index (κ2) is 8.00. The lowest BCUT2D eigenvalue weighted by Crippen LogP contribution is -2.50. The molecule has 4 aliphatic rings. The van der Waals surface area contributed by atoms with Gasteiger partial charge in [-0.05, 0) is 29.9 Å². The van der Waals surface area contributed by atoms with Gasteiger partial charge < -0.3 is 0 Å². The number of hydrogen-bond donors (Lipinski definition) is 0. The molecule has 3 fully saturated rings. The van der Waals surface area contributed by atoms with E-state index in [-0.39, 0.29) is 35.5 Å². The summed E-state index contributed by atoms with van der Waals surface area (Å²) in [5.74, 6) is 0.128. The Morgan fingerprint density at radius 2 is 1.48 bits per heavy atom. The third-order valence-corrected chi connectivity index (χ3v) is 8.69. The topological polar surface area (TPSA) is 78.0 Å². The van der Waals surface area contributed by atoms with Gasteiger partial charge in [0.15, 0.2) is 0 Å². The van der Waals surface area contributed by atoms with E-state index >= 15 is 0 Å². The van der Waals surface area contributed by atoms with E-state index in [1.54, 1.807) is 6.08 Å². The van der Waals surface area contributed by atoms with E-state index in [1.807, 2.05) is 30.3 Å². The molecule has 2 aliphatic carbocycles. The molecule has 2 heterocycles. The fourth-order valence-corrected chi connectivity index (χ4v) is 6.62. The molecule has 1 aromatic rings. The van der Waals surface area contributed by atoms with Crippen LogP contribution in [0.2, 0.25) is 0 Å². The average Bonchev–Trinajstić information content (AvgIpc) is 3.46. The molecule has 4 unspecified atom stereocenters. The lowest BCUT2D eigenvalue weighted by Gasteiger charge is -2.34. The first-order chi connectivity index (χ1) is 14.9. The van der Waals surface area contributed by atoms with Crippen molar-refractivity contribution in [3.63, 3.8) is 0 Å². The Bertz CT molecular complexity index is 998. The Hall–Kier alpha value is -2.29. The fraction of sp³-hybridized carbons (Fsp3) is 0.478. The van der Waals surface area contributed by atoms with Gasteiger partial charge in [-0.25, -0.2) is 8.42 Å². The van der Waals surface area contributed by atoms with Crippen molar-refractivity contribution >= 4 is 27.9 Å². The monoisotopic (exact) mass is 441 g/mol. The minimum atomic E-state index is -3.47. The number of allylic oxidation sites excluding steroid dienone is 2. The van der Waals surface area contributed by atoms with Crippen LogP contribution in [0.4, 0.5) is 0 Å². The number of fused-ring (bicyclic) bond motifs is 5. The van der Waals surface area contributed by atoms with Crippen LogP contribution in [-0.2, 0) is 19.6 Å². The Balaban J connectivity index is 1.13. The highest BCUT2D eigenvalue weighted by atomic mass is 32.2. The van der Waals surface area contributed by atoms with Gasteiger partial charge in [0.05, 0.1) is 11.8 Å². The number of carbonyl (C=O) groups is 2. The highest BCUT2D eigenvalue weighted by molar-refractivity contribution is 7.92. The molecule has 0 spiro atoms. The van der Waals surface area contributed by atoms with Crippen LogP contribution in [-0.4, -0.2) is 73.6 Å². The van der Waals surface area contributed by atoms with Crippen molar-refractivity contribution in [2.24, 2.45) is 23.7 Å². The summed E-state index contributed by atoms with van der Waals surface area (Å²) in [6.45, 7) is 2.98. The molecule has 164 valence electrons. The zero-order chi connectivity index (χ0) is 21.6. The van der Waals surface area contributed by atoms with Crippen LogP contribution in [0, 0.1) is 23.7 Å². The number of benzene rings is 1. The largest absolute Gasteiger partial charge is 0.299 e. The van der Waals surface area contributed by atoms with Gasteiger partial charge >= 0.3 is 0 Å². The zero-order valence-electron chi connectivity index (χ0n) is 17.3. The maximum Gasteiger partial charge on any atom is 0.236 e. The molecule has 5 rings (SSSR count). The lowest BCUT2D eigenvalue weighted by molar-refractivity contribution is -0.140. The maximum atomic E-state index is 12.8. The van der Waals surface area contributed by atoms with Gasteiger partial charge in [0, 0.05) is 44.7 Å². The molecule has 31 heavy (non-hydrogen) atoms. The number of likely N-dealkylation sites (tertiary alicyclic amines) is 1. The third kappa shape index (κ3) is 3.77.